The number of rotatable bonds is 7. The number of nitrogens with one attached hydrogen (secondary N) is 1. The zero-order valence-corrected chi connectivity index (χ0v) is 16.5. The number of ketones is 1. The van der Waals surface area contributed by atoms with E-state index in [9.17, 15) is 18.8 Å². The van der Waals surface area contributed by atoms with Crippen molar-refractivity contribution < 1.29 is 23.5 Å². The number of methoxy groups -OCH3 is 1. The van der Waals surface area contributed by atoms with Crippen molar-refractivity contribution >= 4 is 17.7 Å². The summed E-state index contributed by atoms with van der Waals surface area (Å²) in [6.45, 7) is 0. The molecular formula is C22H20FN3O4. The van der Waals surface area contributed by atoms with Gasteiger partial charge in [-0.15, -0.1) is 0 Å². The summed E-state index contributed by atoms with van der Waals surface area (Å²) >= 11 is 0. The Bertz CT molecular complexity index is 1060. The molecule has 0 spiro atoms. The van der Waals surface area contributed by atoms with Gasteiger partial charge in [0.15, 0.2) is 0 Å². The van der Waals surface area contributed by atoms with Crippen molar-refractivity contribution in [2.75, 3.05) is 7.11 Å². The summed E-state index contributed by atoms with van der Waals surface area (Å²) in [7, 11) is 2.75. The fraction of sp³-hybridized carbons (Fsp3) is 0.182. The van der Waals surface area contributed by atoms with Gasteiger partial charge in [0.1, 0.15) is 17.6 Å². The van der Waals surface area contributed by atoms with Crippen LogP contribution in [0.3, 0.4) is 0 Å². The van der Waals surface area contributed by atoms with Crippen molar-refractivity contribution in [3.05, 3.63) is 77.7 Å². The van der Waals surface area contributed by atoms with E-state index in [0.29, 0.717) is 11.3 Å². The standard InChI is InChI=1S/C22H20FN3O4/c1-26-13-17(19(25-26)15-8-10-16(23)11-9-15)21(28)24-18(20(27)22(29)30-2)12-14-6-4-3-5-7-14/h3-11,13,18H,12H2,1-2H3,(H,24,28). The number of carbonyl (C=O) groups excluding carboxylic acids is 3. The number of benzene rings is 2. The first-order chi connectivity index (χ1) is 14.4. The van der Waals surface area contributed by atoms with Crippen LogP contribution in [0.5, 0.6) is 0 Å². The van der Waals surface area contributed by atoms with Crippen LogP contribution in [0.1, 0.15) is 15.9 Å². The lowest BCUT2D eigenvalue weighted by atomic mass is 10.0. The zero-order valence-electron chi connectivity index (χ0n) is 16.5. The molecule has 154 valence electrons. The second-order valence-electron chi connectivity index (χ2n) is 6.64. The zero-order chi connectivity index (χ0) is 21.7. The monoisotopic (exact) mass is 409 g/mol. The maximum absolute atomic E-state index is 13.3. The average molecular weight is 409 g/mol. The third-order valence-corrected chi connectivity index (χ3v) is 4.48. The third-order valence-electron chi connectivity index (χ3n) is 4.48. The van der Waals surface area contributed by atoms with Crippen molar-refractivity contribution in [3.63, 3.8) is 0 Å². The van der Waals surface area contributed by atoms with Crippen LogP contribution in [-0.2, 0) is 27.8 Å². The molecule has 0 aliphatic heterocycles. The van der Waals surface area contributed by atoms with Crippen molar-refractivity contribution in [1.29, 1.82) is 0 Å². The van der Waals surface area contributed by atoms with E-state index in [1.807, 2.05) is 6.07 Å². The van der Waals surface area contributed by atoms with Crippen LogP contribution in [0.2, 0.25) is 0 Å². The highest BCUT2D eigenvalue weighted by atomic mass is 19.1. The van der Waals surface area contributed by atoms with Gasteiger partial charge in [-0.05, 0) is 29.8 Å². The van der Waals surface area contributed by atoms with Gasteiger partial charge in [0, 0.05) is 25.2 Å². The number of hydrogen-bond donors (Lipinski definition) is 1. The van der Waals surface area contributed by atoms with Crippen LogP contribution in [0.25, 0.3) is 11.3 Å². The minimum atomic E-state index is -1.12. The minimum absolute atomic E-state index is 0.118. The van der Waals surface area contributed by atoms with Gasteiger partial charge in [0.05, 0.1) is 12.7 Å². The summed E-state index contributed by atoms with van der Waals surface area (Å²) in [5, 5.41) is 6.89. The van der Waals surface area contributed by atoms with Crippen molar-refractivity contribution in [2.45, 2.75) is 12.5 Å². The van der Waals surface area contributed by atoms with Crippen LogP contribution in [0.15, 0.2) is 60.8 Å². The number of aryl methyl sites for hydroxylation is 1. The molecule has 1 unspecified atom stereocenters. The molecule has 2 aromatic carbocycles. The Morgan fingerprint density at radius 3 is 2.40 bits per heavy atom. The maximum Gasteiger partial charge on any atom is 0.376 e. The van der Waals surface area contributed by atoms with E-state index in [2.05, 4.69) is 15.2 Å². The fourth-order valence-electron chi connectivity index (χ4n) is 3.01. The molecule has 1 amide bonds. The van der Waals surface area contributed by atoms with Gasteiger partial charge in [0.2, 0.25) is 0 Å². The number of hydrogen-bond acceptors (Lipinski definition) is 5. The Labute approximate surface area is 172 Å². The normalized spacial score (nSPS) is 11.6. The van der Waals surface area contributed by atoms with Gasteiger partial charge in [-0.25, -0.2) is 9.18 Å². The molecule has 0 saturated carbocycles. The van der Waals surface area contributed by atoms with Gasteiger partial charge in [-0.3, -0.25) is 14.3 Å². The Balaban J connectivity index is 1.89. The minimum Gasteiger partial charge on any atom is -0.463 e. The molecule has 0 saturated heterocycles. The maximum atomic E-state index is 13.3. The predicted molar refractivity (Wildman–Crippen MR) is 107 cm³/mol. The number of aromatic nitrogens is 2. The molecule has 0 aliphatic rings. The molecule has 7 nitrogen and oxygen atoms in total. The number of ether oxygens (including phenoxy) is 1. The summed E-state index contributed by atoms with van der Waals surface area (Å²) in [6.07, 6.45) is 1.61. The molecule has 3 rings (SSSR count). The smallest absolute Gasteiger partial charge is 0.376 e. The molecule has 30 heavy (non-hydrogen) atoms. The second-order valence-corrected chi connectivity index (χ2v) is 6.64. The number of esters is 1. The van der Waals surface area contributed by atoms with Crippen molar-refractivity contribution in [2.24, 2.45) is 7.05 Å². The van der Waals surface area contributed by atoms with Gasteiger partial charge in [-0.1, -0.05) is 30.3 Å². The Morgan fingerprint density at radius 1 is 1.10 bits per heavy atom. The van der Waals surface area contributed by atoms with Crippen molar-refractivity contribution in [3.8, 4) is 11.3 Å². The Morgan fingerprint density at radius 2 is 1.77 bits per heavy atom. The number of Topliss-reactive ketones (excluding diaryl/α,β-unsaturated/α-hetero) is 1. The van der Waals surface area contributed by atoms with Gasteiger partial charge in [-0.2, -0.15) is 5.10 Å². The highest BCUT2D eigenvalue weighted by Gasteiger charge is 2.29. The SMILES string of the molecule is COC(=O)C(=O)C(Cc1ccccc1)NC(=O)c1cn(C)nc1-c1ccc(F)cc1. The molecule has 8 heteroatoms. The lowest BCUT2D eigenvalue weighted by Gasteiger charge is -2.16. The van der Waals surface area contributed by atoms with E-state index in [0.717, 1.165) is 12.7 Å². The number of carbonyl (C=O) groups is 3. The third kappa shape index (κ3) is 4.78. The van der Waals surface area contributed by atoms with Crippen LogP contribution in [-0.4, -0.2) is 40.6 Å². The molecule has 1 heterocycles. The highest BCUT2D eigenvalue weighted by Crippen LogP contribution is 2.22. The first-order valence-corrected chi connectivity index (χ1v) is 9.15. The molecule has 0 bridgehead atoms. The van der Waals surface area contributed by atoms with E-state index >= 15 is 0 Å². The fourth-order valence-corrected chi connectivity index (χ4v) is 3.01. The molecule has 0 fully saturated rings. The van der Waals surface area contributed by atoms with Crippen LogP contribution in [0, 0.1) is 5.82 Å². The van der Waals surface area contributed by atoms with Crippen LogP contribution < -0.4 is 5.32 Å². The first-order valence-electron chi connectivity index (χ1n) is 9.15. The van der Waals surface area contributed by atoms with Crippen LogP contribution >= 0.6 is 0 Å². The molecular weight excluding hydrogens is 389 g/mol. The largest absolute Gasteiger partial charge is 0.463 e. The number of amides is 1. The summed E-state index contributed by atoms with van der Waals surface area (Å²) in [5.74, 6) is -2.89. The van der Waals surface area contributed by atoms with E-state index in [1.54, 1.807) is 31.3 Å². The average Bonchev–Trinajstić information content (AvgIpc) is 3.15. The second kappa shape index (κ2) is 9.13. The molecule has 1 N–H and O–H groups in total. The van der Waals surface area contributed by atoms with E-state index in [4.69, 9.17) is 0 Å². The first kappa shape index (κ1) is 20.9. The molecule has 3 aromatic rings. The summed E-state index contributed by atoms with van der Waals surface area (Å²) < 4.78 is 19.2. The Kier molecular flexibility index (Phi) is 6.36. The molecule has 1 atom stereocenters. The summed E-state index contributed by atoms with van der Waals surface area (Å²) in [4.78, 5) is 37.3. The highest BCUT2D eigenvalue weighted by molar-refractivity contribution is 6.36. The van der Waals surface area contributed by atoms with Gasteiger partial charge in [0.25, 0.3) is 11.7 Å². The van der Waals surface area contributed by atoms with Gasteiger partial charge < -0.3 is 10.1 Å². The topological polar surface area (TPSA) is 90.3 Å². The lowest BCUT2D eigenvalue weighted by molar-refractivity contribution is -0.152. The molecule has 0 aliphatic carbocycles. The predicted octanol–water partition coefficient (Wildman–Crippen LogP) is 2.31. The van der Waals surface area contributed by atoms with E-state index < -0.39 is 29.5 Å². The quantitative estimate of drug-likeness (QED) is 0.478. The van der Waals surface area contributed by atoms with Gasteiger partial charge >= 0.3 is 5.97 Å². The number of nitrogens with zero attached hydrogens (tertiary/aromatic N) is 2. The Hall–Kier alpha value is -3.81. The summed E-state index contributed by atoms with van der Waals surface area (Å²) in [5.41, 5.74) is 1.84. The summed E-state index contributed by atoms with van der Waals surface area (Å²) in [6, 6.07) is 13.4. The number of halogens is 1. The van der Waals surface area contributed by atoms with E-state index in [-0.39, 0.29) is 12.0 Å². The lowest BCUT2D eigenvalue weighted by Crippen LogP contribution is -2.45. The molecule has 0 radical (unpaired) electrons. The molecule has 1 aromatic heterocycles. The van der Waals surface area contributed by atoms with E-state index in [1.165, 1.54) is 35.1 Å². The van der Waals surface area contributed by atoms with Crippen LogP contribution in [0.4, 0.5) is 4.39 Å². The van der Waals surface area contributed by atoms with Crippen molar-refractivity contribution in [1.82, 2.24) is 15.1 Å².